The van der Waals surface area contributed by atoms with E-state index >= 15 is 0 Å². The predicted molar refractivity (Wildman–Crippen MR) is 130 cm³/mol. The number of nitro groups is 2. The van der Waals surface area contributed by atoms with E-state index in [0.717, 1.165) is 5.69 Å². The molecule has 0 bridgehead atoms. The molecule has 0 atom stereocenters. The number of nitrogens with zero attached hydrogens (tertiary/aromatic N) is 6. The Kier molecular flexibility index (Phi) is 8.15. The van der Waals surface area contributed by atoms with Gasteiger partial charge < -0.3 is 5.73 Å². The van der Waals surface area contributed by atoms with E-state index in [1.165, 1.54) is 59.8 Å². The molecule has 3 aromatic rings. The molecule has 0 radical (unpaired) electrons. The van der Waals surface area contributed by atoms with Crippen LogP contribution in [0.5, 0.6) is 0 Å². The Bertz CT molecular complexity index is 1240. The number of nitrogens with two attached hydrogens (primary N) is 1. The van der Waals surface area contributed by atoms with E-state index < -0.39 is 9.85 Å². The fourth-order valence-corrected chi connectivity index (χ4v) is 3.67. The van der Waals surface area contributed by atoms with Crippen molar-refractivity contribution in [3.05, 3.63) is 91.0 Å². The van der Waals surface area contributed by atoms with Crippen LogP contribution < -0.4 is 11.2 Å². The minimum absolute atomic E-state index is 0.0128. The summed E-state index contributed by atoms with van der Waals surface area (Å²) in [7, 11) is 0. The number of rotatable bonds is 9. The number of nitrogens with one attached hydrogen (secondary N) is 1. The molecule has 33 heavy (non-hydrogen) atoms. The third-order valence-corrected chi connectivity index (χ3v) is 5.43. The number of nitro benzene ring substituents is 2. The third-order valence-electron chi connectivity index (χ3n) is 3.82. The molecular weight excluding hydrogens is 468 g/mol. The van der Waals surface area contributed by atoms with Crippen LogP contribution in [0.2, 0.25) is 0 Å². The maximum absolute atomic E-state index is 10.8. The molecule has 2 aromatic carbocycles. The molecule has 3 rings (SSSR count). The van der Waals surface area contributed by atoms with Gasteiger partial charge in [0.15, 0.2) is 5.17 Å². The molecule has 1 aromatic heterocycles. The van der Waals surface area contributed by atoms with Crippen LogP contribution >= 0.6 is 23.1 Å². The van der Waals surface area contributed by atoms with Crippen molar-refractivity contribution in [3.63, 3.8) is 0 Å². The van der Waals surface area contributed by atoms with Crippen LogP contribution in [-0.2, 0) is 5.75 Å². The molecule has 0 aliphatic heterocycles. The van der Waals surface area contributed by atoms with Gasteiger partial charge in [0.05, 0.1) is 28.0 Å². The Morgan fingerprint density at radius 3 is 2.36 bits per heavy atom. The number of hydrogen-bond donors (Lipinski definition) is 2. The second kappa shape index (κ2) is 11.4. The van der Waals surface area contributed by atoms with Gasteiger partial charge in [-0.1, -0.05) is 36.0 Å². The van der Waals surface area contributed by atoms with Gasteiger partial charge in [0.2, 0.25) is 5.13 Å². The summed E-state index contributed by atoms with van der Waals surface area (Å²) in [5.74, 6) is 0.453. The average molecular weight is 485 g/mol. The van der Waals surface area contributed by atoms with Crippen LogP contribution in [0.3, 0.4) is 0 Å². The number of thiazole rings is 1. The highest BCUT2D eigenvalue weighted by atomic mass is 32.2. The predicted octanol–water partition coefficient (Wildman–Crippen LogP) is 3.99. The highest BCUT2D eigenvalue weighted by molar-refractivity contribution is 8.13. The lowest BCUT2D eigenvalue weighted by Crippen LogP contribution is -2.06. The smallest absolute Gasteiger partial charge is 0.270 e. The van der Waals surface area contributed by atoms with E-state index in [2.05, 4.69) is 25.7 Å². The fourth-order valence-electron chi connectivity index (χ4n) is 2.35. The molecule has 14 heteroatoms. The number of hydrogen-bond acceptors (Lipinski definition) is 11. The Hall–Kier alpha value is -4.17. The Morgan fingerprint density at radius 2 is 1.73 bits per heavy atom. The summed E-state index contributed by atoms with van der Waals surface area (Å²) in [5, 5.41) is 35.9. The third kappa shape index (κ3) is 7.48. The number of benzene rings is 2. The number of anilines is 1. The van der Waals surface area contributed by atoms with E-state index in [9.17, 15) is 20.2 Å². The summed E-state index contributed by atoms with van der Waals surface area (Å²) in [6.07, 6.45) is 2.84. The van der Waals surface area contributed by atoms with E-state index in [4.69, 9.17) is 5.73 Å². The fraction of sp³-hybridized carbons (Fsp3) is 0.0526. The maximum Gasteiger partial charge on any atom is 0.270 e. The monoisotopic (exact) mass is 484 g/mol. The van der Waals surface area contributed by atoms with Gasteiger partial charge in [-0.25, -0.2) is 4.98 Å². The quantitative estimate of drug-likeness (QED) is 0.198. The lowest BCUT2D eigenvalue weighted by Gasteiger charge is -1.97. The lowest BCUT2D eigenvalue weighted by molar-refractivity contribution is -0.385. The molecule has 1 heterocycles. The zero-order valence-electron chi connectivity index (χ0n) is 16.8. The first-order valence-electron chi connectivity index (χ1n) is 9.12. The van der Waals surface area contributed by atoms with Crippen LogP contribution in [0.4, 0.5) is 16.5 Å². The molecule has 0 unspecified atom stereocenters. The number of non-ortho nitro benzene ring substituents is 2. The molecule has 168 valence electrons. The van der Waals surface area contributed by atoms with Crippen molar-refractivity contribution in [1.29, 1.82) is 0 Å². The Labute approximate surface area is 195 Å². The zero-order chi connectivity index (χ0) is 23.6. The molecule has 0 fully saturated rings. The van der Waals surface area contributed by atoms with E-state index in [1.54, 1.807) is 24.3 Å². The van der Waals surface area contributed by atoms with Crippen molar-refractivity contribution < 1.29 is 9.85 Å². The summed E-state index contributed by atoms with van der Waals surface area (Å²) >= 11 is 2.57. The molecule has 12 nitrogen and oxygen atoms in total. The molecular formula is C19H16N8O4S2. The van der Waals surface area contributed by atoms with Crippen molar-refractivity contribution in [2.75, 3.05) is 5.43 Å². The van der Waals surface area contributed by atoms with Gasteiger partial charge in [-0.05, 0) is 0 Å². The standard InChI is InChI=1S/C19H16N8O4S2/c20-18(24-21-9-13-3-1-5-16(7-13)26(28)29)32-11-15-12-33-19(23-15)25-22-10-14-4-2-6-17(8-14)27(30)31/h1-10,12H,11H2,(H2,20,24)(H,23,25)/b21-9-,22-10-. The molecule has 0 saturated carbocycles. The van der Waals surface area contributed by atoms with E-state index in [1.807, 2.05) is 5.38 Å². The van der Waals surface area contributed by atoms with Crippen molar-refractivity contribution >= 4 is 57.2 Å². The highest BCUT2D eigenvalue weighted by Gasteiger charge is 2.06. The molecule has 0 saturated heterocycles. The number of aromatic nitrogens is 1. The van der Waals surface area contributed by atoms with Crippen molar-refractivity contribution in [2.45, 2.75) is 5.75 Å². The molecule has 0 aliphatic carbocycles. The number of hydrazone groups is 1. The summed E-state index contributed by atoms with van der Waals surface area (Å²) in [6, 6.07) is 12.1. The number of thioether (sulfide) groups is 1. The first-order chi connectivity index (χ1) is 15.9. The molecule has 0 aliphatic rings. The molecule has 3 N–H and O–H groups in total. The Balaban J connectivity index is 1.49. The van der Waals surface area contributed by atoms with Gasteiger partial charge in [0.25, 0.3) is 11.4 Å². The SMILES string of the molecule is N/C(=N/N=C\c1cccc([N+](=O)[O-])c1)SCc1csc(N/N=C\c2cccc([N+](=O)[O-])c2)n1. The molecule has 0 spiro atoms. The summed E-state index contributed by atoms with van der Waals surface area (Å²) in [6.45, 7) is 0. The van der Waals surface area contributed by atoms with Crippen molar-refractivity contribution in [2.24, 2.45) is 21.0 Å². The first-order valence-corrected chi connectivity index (χ1v) is 11.0. The first kappa shape index (κ1) is 23.5. The summed E-state index contributed by atoms with van der Waals surface area (Å²) < 4.78 is 0. The second-order valence-electron chi connectivity index (χ2n) is 6.19. The summed E-state index contributed by atoms with van der Waals surface area (Å²) in [4.78, 5) is 25.0. The van der Waals surface area contributed by atoms with Gasteiger partial charge in [-0.2, -0.15) is 10.2 Å². The van der Waals surface area contributed by atoms with E-state index in [-0.39, 0.29) is 16.5 Å². The summed E-state index contributed by atoms with van der Waals surface area (Å²) in [5.41, 5.74) is 10.4. The van der Waals surface area contributed by atoms with Crippen LogP contribution in [0, 0.1) is 20.2 Å². The van der Waals surface area contributed by atoms with Crippen LogP contribution in [-0.4, -0.2) is 32.4 Å². The van der Waals surface area contributed by atoms with E-state index in [0.29, 0.717) is 22.0 Å². The number of amidine groups is 1. The van der Waals surface area contributed by atoms with Gasteiger partial charge in [0.1, 0.15) is 0 Å². The van der Waals surface area contributed by atoms with Crippen LogP contribution in [0.25, 0.3) is 0 Å². The van der Waals surface area contributed by atoms with Crippen LogP contribution in [0.15, 0.2) is 69.2 Å². The average Bonchev–Trinajstić information content (AvgIpc) is 3.26. The molecule has 0 amide bonds. The van der Waals surface area contributed by atoms with Crippen LogP contribution in [0.1, 0.15) is 16.8 Å². The highest BCUT2D eigenvalue weighted by Crippen LogP contribution is 2.20. The second-order valence-corrected chi connectivity index (χ2v) is 8.04. The topological polar surface area (TPSA) is 174 Å². The van der Waals surface area contributed by atoms with Crippen molar-refractivity contribution in [1.82, 2.24) is 4.98 Å². The minimum Gasteiger partial charge on any atom is -0.377 e. The lowest BCUT2D eigenvalue weighted by atomic mass is 10.2. The van der Waals surface area contributed by atoms with Gasteiger partial charge in [0, 0.05) is 46.5 Å². The largest absolute Gasteiger partial charge is 0.377 e. The van der Waals surface area contributed by atoms with Gasteiger partial charge >= 0.3 is 0 Å². The van der Waals surface area contributed by atoms with Gasteiger partial charge in [-0.15, -0.1) is 16.4 Å². The maximum atomic E-state index is 10.8. The van der Waals surface area contributed by atoms with Crippen molar-refractivity contribution in [3.8, 4) is 0 Å². The minimum atomic E-state index is -0.485. The van der Waals surface area contributed by atoms with Gasteiger partial charge in [-0.3, -0.25) is 25.7 Å². The Morgan fingerprint density at radius 1 is 1.09 bits per heavy atom. The zero-order valence-corrected chi connectivity index (χ0v) is 18.4. The normalized spacial score (nSPS) is 11.8.